The fourth-order valence-electron chi connectivity index (χ4n) is 2.94. The Morgan fingerprint density at radius 2 is 1.67 bits per heavy atom. The molecule has 3 rings (SSSR count). The number of benzene rings is 2. The van der Waals surface area contributed by atoms with Crippen LogP contribution in [0, 0.1) is 13.8 Å². The molecule has 0 radical (unpaired) electrons. The molecule has 154 valence electrons. The Labute approximate surface area is 178 Å². The van der Waals surface area contributed by atoms with E-state index in [9.17, 15) is 14.4 Å². The van der Waals surface area contributed by atoms with Crippen molar-refractivity contribution in [2.24, 2.45) is 0 Å². The molecule has 0 spiro atoms. The Morgan fingerprint density at radius 3 is 2.27 bits per heavy atom. The minimum atomic E-state index is -0.377. The van der Waals surface area contributed by atoms with Crippen LogP contribution in [0.3, 0.4) is 0 Å². The molecule has 0 bridgehead atoms. The van der Waals surface area contributed by atoms with Gasteiger partial charge in [-0.2, -0.15) is 0 Å². The highest BCUT2D eigenvalue weighted by Crippen LogP contribution is 2.21. The van der Waals surface area contributed by atoms with Crippen molar-refractivity contribution in [3.63, 3.8) is 0 Å². The lowest BCUT2D eigenvalue weighted by Gasteiger charge is -2.15. The topological polar surface area (TPSA) is 93.1 Å². The minimum absolute atomic E-state index is 0.179. The zero-order valence-electron chi connectivity index (χ0n) is 16.8. The molecule has 1 heterocycles. The molecule has 2 N–H and O–H groups in total. The third-order valence-corrected chi connectivity index (χ3v) is 4.75. The van der Waals surface area contributed by atoms with Gasteiger partial charge in [0.05, 0.1) is 0 Å². The smallest absolute Gasteiger partial charge is 0.257 e. The molecule has 0 saturated carbocycles. The lowest BCUT2D eigenvalue weighted by atomic mass is 10.1. The number of halogens is 1. The van der Waals surface area contributed by atoms with Crippen LogP contribution in [0.1, 0.15) is 18.2 Å². The zero-order chi connectivity index (χ0) is 21.8. The molecule has 3 aromatic rings. The van der Waals surface area contributed by atoms with Gasteiger partial charge in [-0.1, -0.05) is 23.7 Å². The Kier molecular flexibility index (Phi) is 6.32. The number of hydrogen-bond donors (Lipinski definition) is 2. The molecule has 0 aliphatic heterocycles. The highest BCUT2D eigenvalue weighted by molar-refractivity contribution is 6.30. The third kappa shape index (κ3) is 4.93. The van der Waals surface area contributed by atoms with Crippen molar-refractivity contribution in [3.8, 4) is 11.4 Å². The van der Waals surface area contributed by atoms with E-state index in [1.165, 1.54) is 11.5 Å². The molecular weight excluding hydrogens is 404 g/mol. The predicted octanol–water partition coefficient (Wildman–Crippen LogP) is 3.78. The fourth-order valence-corrected chi connectivity index (χ4v) is 3.13. The summed E-state index contributed by atoms with van der Waals surface area (Å²) in [5, 5.41) is 5.92. The maximum Gasteiger partial charge on any atom is 0.257 e. The molecular formula is C22H21ClN4O3. The van der Waals surface area contributed by atoms with E-state index in [1.54, 1.807) is 62.4 Å². The average molecular weight is 425 g/mol. The zero-order valence-corrected chi connectivity index (χ0v) is 17.6. The molecule has 2 amide bonds. The average Bonchev–Trinajstić information content (AvgIpc) is 2.69. The van der Waals surface area contributed by atoms with E-state index in [4.69, 9.17) is 11.6 Å². The van der Waals surface area contributed by atoms with Crippen LogP contribution in [0.15, 0.2) is 53.3 Å². The number of rotatable bonds is 5. The minimum Gasteiger partial charge on any atom is -0.326 e. The van der Waals surface area contributed by atoms with Gasteiger partial charge in [0.1, 0.15) is 12.4 Å². The fraction of sp³-hybridized carbons (Fsp3) is 0.182. The van der Waals surface area contributed by atoms with E-state index in [1.807, 2.05) is 0 Å². The lowest BCUT2D eigenvalue weighted by Crippen LogP contribution is -2.31. The number of nitrogens with one attached hydrogen (secondary N) is 2. The quantitative estimate of drug-likeness (QED) is 0.651. The number of aromatic nitrogens is 2. The van der Waals surface area contributed by atoms with E-state index < -0.39 is 0 Å². The Bertz CT molecular complexity index is 1170. The van der Waals surface area contributed by atoms with E-state index in [-0.39, 0.29) is 23.9 Å². The summed E-state index contributed by atoms with van der Waals surface area (Å²) < 4.78 is 1.34. The second kappa shape index (κ2) is 8.92. The maximum absolute atomic E-state index is 12.9. The Balaban J connectivity index is 1.88. The van der Waals surface area contributed by atoms with Gasteiger partial charge in [0.2, 0.25) is 11.8 Å². The van der Waals surface area contributed by atoms with Crippen molar-refractivity contribution in [2.45, 2.75) is 27.3 Å². The number of carbonyl (C=O) groups is 2. The van der Waals surface area contributed by atoms with Gasteiger partial charge in [-0.25, -0.2) is 4.98 Å². The molecule has 0 aliphatic rings. The van der Waals surface area contributed by atoms with Gasteiger partial charge >= 0.3 is 0 Å². The molecule has 0 aliphatic carbocycles. The summed E-state index contributed by atoms with van der Waals surface area (Å²) >= 11 is 6.09. The number of anilines is 2. The molecule has 8 heteroatoms. The highest BCUT2D eigenvalue weighted by Gasteiger charge is 2.16. The molecule has 1 aromatic heterocycles. The van der Waals surface area contributed by atoms with E-state index in [0.29, 0.717) is 39.0 Å². The maximum atomic E-state index is 12.9. The van der Waals surface area contributed by atoms with Gasteiger partial charge < -0.3 is 10.6 Å². The molecule has 2 aromatic carbocycles. The van der Waals surface area contributed by atoms with Crippen molar-refractivity contribution in [1.82, 2.24) is 9.55 Å². The van der Waals surface area contributed by atoms with Crippen LogP contribution in [0.4, 0.5) is 11.4 Å². The molecule has 30 heavy (non-hydrogen) atoms. The van der Waals surface area contributed by atoms with E-state index >= 15 is 0 Å². The van der Waals surface area contributed by atoms with Crippen LogP contribution in [-0.2, 0) is 16.1 Å². The molecule has 7 nitrogen and oxygen atoms in total. The second-order valence-corrected chi connectivity index (χ2v) is 7.29. The van der Waals surface area contributed by atoms with Gasteiger partial charge in [0, 0.05) is 40.1 Å². The van der Waals surface area contributed by atoms with Gasteiger partial charge in [0.25, 0.3) is 5.56 Å². The van der Waals surface area contributed by atoms with Crippen molar-refractivity contribution >= 4 is 34.8 Å². The number of aryl methyl sites for hydroxylation is 1. The summed E-state index contributed by atoms with van der Waals surface area (Å²) in [7, 11) is 0. The van der Waals surface area contributed by atoms with Crippen molar-refractivity contribution in [1.29, 1.82) is 0 Å². The summed E-state index contributed by atoms with van der Waals surface area (Å²) in [6.07, 6.45) is 0. The molecule has 0 unspecified atom stereocenters. The summed E-state index contributed by atoms with van der Waals surface area (Å²) in [6.45, 7) is 4.65. The molecule has 0 fully saturated rings. The summed E-state index contributed by atoms with van der Waals surface area (Å²) in [6, 6.07) is 13.7. The second-order valence-electron chi connectivity index (χ2n) is 6.85. The van der Waals surface area contributed by atoms with Gasteiger partial charge in [-0.05, 0) is 50.2 Å². The lowest BCUT2D eigenvalue weighted by molar-refractivity contribution is -0.117. The number of nitrogens with zero attached hydrogens (tertiary/aromatic N) is 2. The first-order valence-electron chi connectivity index (χ1n) is 9.26. The van der Waals surface area contributed by atoms with Crippen LogP contribution in [0.5, 0.6) is 0 Å². The standard InChI is InChI=1S/C22H21ClN4O3/c1-13-14(2)24-21(16-5-4-6-17(23)11-16)27(22(13)30)12-20(29)26-19-9-7-18(8-10-19)25-15(3)28/h4-11H,12H2,1-3H3,(H,25,28)(H,26,29). The number of amides is 2. The SMILES string of the molecule is CC(=O)Nc1ccc(NC(=O)Cn2c(-c3cccc(Cl)c3)nc(C)c(C)c2=O)cc1. The van der Waals surface area contributed by atoms with Crippen molar-refractivity contribution in [3.05, 3.63) is 75.2 Å². The van der Waals surface area contributed by atoms with Crippen LogP contribution in [-0.4, -0.2) is 21.4 Å². The van der Waals surface area contributed by atoms with Crippen molar-refractivity contribution < 1.29 is 9.59 Å². The van der Waals surface area contributed by atoms with E-state index in [0.717, 1.165) is 0 Å². The number of carbonyl (C=O) groups excluding carboxylic acids is 2. The first-order valence-corrected chi connectivity index (χ1v) is 9.64. The van der Waals surface area contributed by atoms with Gasteiger partial charge in [-0.15, -0.1) is 0 Å². The van der Waals surface area contributed by atoms with Gasteiger partial charge in [-0.3, -0.25) is 19.0 Å². The molecule has 0 atom stereocenters. The summed E-state index contributed by atoms with van der Waals surface area (Å²) in [5.74, 6) is -0.179. The van der Waals surface area contributed by atoms with Crippen LogP contribution in [0.25, 0.3) is 11.4 Å². The normalized spacial score (nSPS) is 10.5. The van der Waals surface area contributed by atoms with E-state index in [2.05, 4.69) is 15.6 Å². The predicted molar refractivity (Wildman–Crippen MR) is 118 cm³/mol. The van der Waals surface area contributed by atoms with Crippen LogP contribution in [0.2, 0.25) is 5.02 Å². The monoisotopic (exact) mass is 424 g/mol. The Hall–Kier alpha value is -3.45. The van der Waals surface area contributed by atoms with Gasteiger partial charge in [0.15, 0.2) is 0 Å². The van der Waals surface area contributed by atoms with Crippen LogP contribution < -0.4 is 16.2 Å². The van der Waals surface area contributed by atoms with Crippen LogP contribution >= 0.6 is 11.6 Å². The number of hydrogen-bond acceptors (Lipinski definition) is 4. The summed E-state index contributed by atoms with van der Waals surface area (Å²) in [4.78, 5) is 41.2. The first-order chi connectivity index (χ1) is 14.2. The third-order valence-electron chi connectivity index (χ3n) is 4.51. The summed E-state index contributed by atoms with van der Waals surface area (Å²) in [5.41, 5.74) is 2.61. The highest BCUT2D eigenvalue weighted by atomic mass is 35.5. The largest absolute Gasteiger partial charge is 0.326 e. The molecule has 0 saturated heterocycles. The Morgan fingerprint density at radius 1 is 1.03 bits per heavy atom. The van der Waals surface area contributed by atoms with Crippen molar-refractivity contribution in [2.75, 3.05) is 10.6 Å². The first kappa shape index (κ1) is 21.3.